The minimum absolute atomic E-state index is 0.284. The fourth-order valence-electron chi connectivity index (χ4n) is 1.19. The van der Waals surface area contributed by atoms with E-state index in [2.05, 4.69) is 15.9 Å². The Labute approximate surface area is 96.2 Å². The van der Waals surface area contributed by atoms with Gasteiger partial charge in [0.05, 0.1) is 12.7 Å². The maximum atomic E-state index is 11.5. The number of benzene rings is 1. The van der Waals surface area contributed by atoms with Gasteiger partial charge < -0.3 is 4.74 Å². The van der Waals surface area contributed by atoms with E-state index in [0.29, 0.717) is 5.56 Å². The molecular formula is C10H11BrO2S. The van der Waals surface area contributed by atoms with Gasteiger partial charge in [0.15, 0.2) is 0 Å². The SMILES string of the molecule is COC(=O)c1c(SC)ccc(Br)c1C. The lowest BCUT2D eigenvalue weighted by Crippen LogP contribution is -2.06. The van der Waals surface area contributed by atoms with Crippen LogP contribution in [-0.2, 0) is 4.74 Å². The van der Waals surface area contributed by atoms with Crippen molar-refractivity contribution in [1.29, 1.82) is 0 Å². The molecular weight excluding hydrogens is 264 g/mol. The fraction of sp³-hybridized carbons (Fsp3) is 0.300. The third-order valence-corrected chi connectivity index (χ3v) is 3.61. The lowest BCUT2D eigenvalue weighted by Gasteiger charge is -2.09. The zero-order chi connectivity index (χ0) is 10.7. The summed E-state index contributed by atoms with van der Waals surface area (Å²) < 4.78 is 5.67. The van der Waals surface area contributed by atoms with Gasteiger partial charge in [0, 0.05) is 9.37 Å². The van der Waals surface area contributed by atoms with E-state index in [9.17, 15) is 4.79 Å². The Kier molecular flexibility index (Phi) is 4.01. The molecule has 0 N–H and O–H groups in total. The highest BCUT2D eigenvalue weighted by Crippen LogP contribution is 2.29. The number of methoxy groups -OCH3 is 1. The summed E-state index contributed by atoms with van der Waals surface area (Å²) >= 11 is 4.93. The third kappa shape index (κ3) is 2.12. The first-order valence-corrected chi connectivity index (χ1v) is 6.05. The van der Waals surface area contributed by atoms with Gasteiger partial charge in [0.2, 0.25) is 0 Å². The highest BCUT2D eigenvalue weighted by molar-refractivity contribution is 9.10. The van der Waals surface area contributed by atoms with Crippen LogP contribution in [-0.4, -0.2) is 19.3 Å². The minimum Gasteiger partial charge on any atom is -0.465 e. The average Bonchev–Trinajstić information content (AvgIpc) is 2.20. The summed E-state index contributed by atoms with van der Waals surface area (Å²) in [6, 6.07) is 3.85. The van der Waals surface area contributed by atoms with Crippen LogP contribution in [0.2, 0.25) is 0 Å². The molecule has 2 nitrogen and oxygen atoms in total. The van der Waals surface area contributed by atoms with E-state index in [1.165, 1.54) is 7.11 Å². The maximum absolute atomic E-state index is 11.5. The Morgan fingerprint density at radius 3 is 2.64 bits per heavy atom. The lowest BCUT2D eigenvalue weighted by atomic mass is 10.1. The molecule has 0 aliphatic heterocycles. The predicted molar refractivity (Wildman–Crippen MR) is 62.0 cm³/mol. The van der Waals surface area contributed by atoms with Gasteiger partial charge in [-0.15, -0.1) is 11.8 Å². The van der Waals surface area contributed by atoms with Crippen molar-refractivity contribution in [1.82, 2.24) is 0 Å². The van der Waals surface area contributed by atoms with Crippen LogP contribution in [0.25, 0.3) is 0 Å². The van der Waals surface area contributed by atoms with E-state index >= 15 is 0 Å². The molecule has 0 aliphatic carbocycles. The van der Waals surface area contributed by atoms with Crippen LogP contribution >= 0.6 is 27.7 Å². The topological polar surface area (TPSA) is 26.3 Å². The predicted octanol–water partition coefficient (Wildman–Crippen LogP) is 3.27. The first-order valence-electron chi connectivity index (χ1n) is 4.03. The van der Waals surface area contributed by atoms with Crippen LogP contribution in [0.4, 0.5) is 0 Å². The molecule has 0 aliphatic rings. The minimum atomic E-state index is -0.284. The van der Waals surface area contributed by atoms with Gasteiger partial charge in [-0.3, -0.25) is 0 Å². The molecule has 4 heteroatoms. The van der Waals surface area contributed by atoms with Crippen LogP contribution in [0.1, 0.15) is 15.9 Å². The fourth-order valence-corrected chi connectivity index (χ4v) is 2.16. The number of hydrogen-bond donors (Lipinski definition) is 0. The number of esters is 1. The number of thioether (sulfide) groups is 1. The number of hydrogen-bond acceptors (Lipinski definition) is 3. The monoisotopic (exact) mass is 274 g/mol. The Bertz CT molecular complexity index is 363. The normalized spacial score (nSPS) is 10.0. The number of carbonyl (C=O) groups is 1. The molecule has 0 atom stereocenters. The Hall–Kier alpha value is -0.480. The molecule has 1 rings (SSSR count). The number of carbonyl (C=O) groups excluding carboxylic acids is 1. The second-order valence-corrected chi connectivity index (χ2v) is 4.44. The zero-order valence-electron chi connectivity index (χ0n) is 8.26. The van der Waals surface area contributed by atoms with Crippen molar-refractivity contribution in [2.45, 2.75) is 11.8 Å². The van der Waals surface area contributed by atoms with Gasteiger partial charge in [-0.05, 0) is 30.9 Å². The first kappa shape index (κ1) is 11.6. The van der Waals surface area contributed by atoms with Gasteiger partial charge >= 0.3 is 5.97 Å². The van der Waals surface area contributed by atoms with Crippen LogP contribution in [0.15, 0.2) is 21.5 Å². The van der Waals surface area contributed by atoms with Crippen LogP contribution in [0.3, 0.4) is 0 Å². The Morgan fingerprint density at radius 1 is 1.50 bits per heavy atom. The van der Waals surface area contributed by atoms with Crippen molar-refractivity contribution in [2.24, 2.45) is 0 Å². The summed E-state index contributed by atoms with van der Waals surface area (Å²) in [6.07, 6.45) is 1.94. The molecule has 0 aromatic heterocycles. The van der Waals surface area contributed by atoms with Gasteiger partial charge in [0.25, 0.3) is 0 Å². The molecule has 0 heterocycles. The number of halogens is 1. The van der Waals surface area contributed by atoms with E-state index in [4.69, 9.17) is 4.74 Å². The summed E-state index contributed by atoms with van der Waals surface area (Å²) in [5.41, 5.74) is 1.57. The van der Waals surface area contributed by atoms with E-state index in [1.54, 1.807) is 11.8 Å². The molecule has 1 aromatic rings. The maximum Gasteiger partial charge on any atom is 0.339 e. The summed E-state index contributed by atoms with van der Waals surface area (Å²) in [6.45, 7) is 1.90. The van der Waals surface area contributed by atoms with E-state index in [-0.39, 0.29) is 5.97 Å². The molecule has 0 saturated carbocycles. The number of rotatable bonds is 2. The van der Waals surface area contributed by atoms with Gasteiger partial charge in [-0.2, -0.15) is 0 Å². The summed E-state index contributed by atoms with van der Waals surface area (Å²) in [7, 11) is 1.40. The molecule has 14 heavy (non-hydrogen) atoms. The van der Waals surface area contributed by atoms with Crippen molar-refractivity contribution < 1.29 is 9.53 Å². The standard InChI is InChI=1S/C10H11BrO2S/c1-6-7(11)4-5-8(14-3)9(6)10(12)13-2/h4-5H,1-3H3. The van der Waals surface area contributed by atoms with Crippen molar-refractivity contribution in [2.75, 3.05) is 13.4 Å². The summed E-state index contributed by atoms with van der Waals surface area (Å²) in [5, 5.41) is 0. The van der Waals surface area contributed by atoms with E-state index in [0.717, 1.165) is 14.9 Å². The quantitative estimate of drug-likeness (QED) is 0.612. The molecule has 0 saturated heterocycles. The largest absolute Gasteiger partial charge is 0.465 e. The second-order valence-electron chi connectivity index (χ2n) is 2.74. The highest BCUT2D eigenvalue weighted by atomic mass is 79.9. The molecule has 0 fully saturated rings. The number of ether oxygens (including phenoxy) is 1. The Balaban J connectivity index is 3.35. The molecule has 0 bridgehead atoms. The summed E-state index contributed by atoms with van der Waals surface area (Å²) in [4.78, 5) is 12.5. The van der Waals surface area contributed by atoms with Crippen LogP contribution in [0, 0.1) is 6.92 Å². The van der Waals surface area contributed by atoms with Crippen LogP contribution in [0.5, 0.6) is 0 Å². The molecule has 0 unspecified atom stereocenters. The molecule has 0 spiro atoms. The van der Waals surface area contributed by atoms with Crippen LogP contribution < -0.4 is 0 Å². The van der Waals surface area contributed by atoms with Gasteiger partial charge in [-0.25, -0.2) is 4.79 Å². The van der Waals surface area contributed by atoms with Crippen molar-refractivity contribution >= 4 is 33.7 Å². The third-order valence-electron chi connectivity index (χ3n) is 1.97. The smallest absolute Gasteiger partial charge is 0.339 e. The summed E-state index contributed by atoms with van der Waals surface area (Å²) in [5.74, 6) is -0.284. The average molecular weight is 275 g/mol. The lowest BCUT2D eigenvalue weighted by molar-refractivity contribution is 0.0596. The second kappa shape index (κ2) is 4.84. The van der Waals surface area contributed by atoms with Gasteiger partial charge in [-0.1, -0.05) is 15.9 Å². The van der Waals surface area contributed by atoms with Crippen molar-refractivity contribution in [3.05, 3.63) is 27.7 Å². The Morgan fingerprint density at radius 2 is 2.14 bits per heavy atom. The van der Waals surface area contributed by atoms with Gasteiger partial charge in [0.1, 0.15) is 0 Å². The zero-order valence-corrected chi connectivity index (χ0v) is 10.7. The van der Waals surface area contributed by atoms with Crippen molar-refractivity contribution in [3.8, 4) is 0 Å². The van der Waals surface area contributed by atoms with E-state index < -0.39 is 0 Å². The van der Waals surface area contributed by atoms with Crippen molar-refractivity contribution in [3.63, 3.8) is 0 Å². The molecule has 76 valence electrons. The molecule has 1 aromatic carbocycles. The highest BCUT2D eigenvalue weighted by Gasteiger charge is 2.15. The molecule has 0 amide bonds. The molecule has 0 radical (unpaired) electrons. The first-order chi connectivity index (χ1) is 6.61. The van der Waals surface area contributed by atoms with E-state index in [1.807, 2.05) is 25.3 Å².